The molecule has 0 aromatic carbocycles. The van der Waals surface area contributed by atoms with Gasteiger partial charge in [-0.2, -0.15) is 5.10 Å². The molecule has 1 aliphatic rings. The third kappa shape index (κ3) is 2.44. The van der Waals surface area contributed by atoms with Gasteiger partial charge in [-0.3, -0.25) is 9.48 Å². The molecule has 16 heavy (non-hydrogen) atoms. The fraction of sp³-hybridized carbons (Fsp3) is 0.600. The lowest BCUT2D eigenvalue weighted by Crippen LogP contribution is -2.38. The van der Waals surface area contributed by atoms with Crippen LogP contribution >= 0.6 is 0 Å². The van der Waals surface area contributed by atoms with Crippen LogP contribution in [0.5, 0.6) is 0 Å². The molecule has 0 radical (unpaired) electrons. The molecule has 1 atom stereocenters. The van der Waals surface area contributed by atoms with Crippen molar-refractivity contribution < 1.29 is 4.79 Å². The third-order valence-corrected chi connectivity index (χ3v) is 2.53. The molecule has 1 amide bonds. The number of carbonyl (C=O) groups excluding carboxylic acids is 1. The van der Waals surface area contributed by atoms with Crippen molar-refractivity contribution in [2.45, 2.75) is 31.8 Å². The molecular weight excluding hydrogens is 206 g/mol. The van der Waals surface area contributed by atoms with E-state index in [0.29, 0.717) is 17.5 Å². The van der Waals surface area contributed by atoms with Crippen LogP contribution < -0.4 is 16.4 Å². The highest BCUT2D eigenvalue weighted by molar-refractivity contribution is 5.85. The zero-order valence-electron chi connectivity index (χ0n) is 9.53. The molecule has 0 bridgehead atoms. The summed E-state index contributed by atoms with van der Waals surface area (Å²) in [5.41, 5.74) is 6.28. The number of carbonyl (C=O) groups is 1. The second kappa shape index (κ2) is 4.03. The monoisotopic (exact) mass is 223 g/mol. The Morgan fingerprint density at radius 1 is 1.69 bits per heavy atom. The number of hydrogen-bond donors (Lipinski definition) is 3. The molecule has 2 rings (SSSR count). The average molecular weight is 223 g/mol. The average Bonchev–Trinajstić information content (AvgIpc) is 2.94. The van der Waals surface area contributed by atoms with E-state index in [9.17, 15) is 4.79 Å². The second-order valence-electron chi connectivity index (χ2n) is 4.26. The molecule has 6 heteroatoms. The van der Waals surface area contributed by atoms with Gasteiger partial charge in [0.1, 0.15) is 6.04 Å². The Kier molecular flexibility index (Phi) is 2.72. The van der Waals surface area contributed by atoms with Crippen LogP contribution in [0.15, 0.2) is 6.20 Å². The maximum atomic E-state index is 11.7. The quantitative estimate of drug-likeness (QED) is 0.675. The Bertz CT molecular complexity index is 396. The lowest BCUT2D eigenvalue weighted by atomic mass is 10.3. The first-order chi connectivity index (χ1) is 7.56. The third-order valence-electron chi connectivity index (χ3n) is 2.53. The predicted molar refractivity (Wildman–Crippen MR) is 61.9 cm³/mol. The van der Waals surface area contributed by atoms with Crippen LogP contribution in [-0.2, 0) is 11.8 Å². The van der Waals surface area contributed by atoms with Crippen LogP contribution in [0.25, 0.3) is 0 Å². The summed E-state index contributed by atoms with van der Waals surface area (Å²) in [7, 11) is 1.79. The fourth-order valence-corrected chi connectivity index (χ4v) is 1.44. The molecule has 1 aliphatic carbocycles. The lowest BCUT2D eigenvalue weighted by Gasteiger charge is -2.13. The van der Waals surface area contributed by atoms with Gasteiger partial charge in [-0.05, 0) is 19.8 Å². The highest BCUT2D eigenvalue weighted by atomic mass is 16.2. The van der Waals surface area contributed by atoms with Crippen molar-refractivity contribution in [3.05, 3.63) is 6.20 Å². The topological polar surface area (TPSA) is 85.0 Å². The molecule has 88 valence electrons. The van der Waals surface area contributed by atoms with Crippen molar-refractivity contribution in [1.29, 1.82) is 0 Å². The molecule has 0 spiro atoms. The van der Waals surface area contributed by atoms with Gasteiger partial charge in [0.05, 0.1) is 5.69 Å². The van der Waals surface area contributed by atoms with Crippen LogP contribution in [0.2, 0.25) is 0 Å². The number of nitrogens with zero attached hydrogens (tertiary/aromatic N) is 2. The first-order valence-corrected chi connectivity index (χ1v) is 5.42. The van der Waals surface area contributed by atoms with E-state index in [1.807, 2.05) is 0 Å². The maximum Gasteiger partial charge on any atom is 0.242 e. The highest BCUT2D eigenvalue weighted by Gasteiger charge is 2.25. The molecule has 0 aliphatic heterocycles. The van der Waals surface area contributed by atoms with E-state index >= 15 is 0 Å². The van der Waals surface area contributed by atoms with Gasteiger partial charge < -0.3 is 16.4 Å². The van der Waals surface area contributed by atoms with Crippen LogP contribution in [0.4, 0.5) is 11.5 Å². The van der Waals surface area contributed by atoms with Gasteiger partial charge in [-0.25, -0.2) is 0 Å². The van der Waals surface area contributed by atoms with Gasteiger partial charge in [0, 0.05) is 19.3 Å². The van der Waals surface area contributed by atoms with Crippen molar-refractivity contribution >= 4 is 17.4 Å². The normalized spacial score (nSPS) is 16.9. The summed E-state index contributed by atoms with van der Waals surface area (Å²) in [6.07, 6.45) is 3.88. The molecule has 1 aromatic heterocycles. The summed E-state index contributed by atoms with van der Waals surface area (Å²) < 4.78 is 1.61. The fourth-order valence-electron chi connectivity index (χ4n) is 1.44. The summed E-state index contributed by atoms with van der Waals surface area (Å²) in [5, 5.41) is 10.0. The number of anilines is 2. The van der Waals surface area contributed by atoms with E-state index in [4.69, 9.17) is 5.73 Å². The van der Waals surface area contributed by atoms with Crippen molar-refractivity contribution in [3.63, 3.8) is 0 Å². The molecule has 1 saturated carbocycles. The van der Waals surface area contributed by atoms with Crippen molar-refractivity contribution in [3.8, 4) is 0 Å². The number of nitrogens with one attached hydrogen (secondary N) is 2. The van der Waals surface area contributed by atoms with Crippen LogP contribution in [0.3, 0.4) is 0 Å². The summed E-state index contributed by atoms with van der Waals surface area (Å²) in [6, 6.07) is 0.0515. The standard InChI is InChI=1S/C10H17N5O/c1-6(10(16)13-7-3-4-7)12-9-8(11)5-15(2)14-9/h5-7H,3-4,11H2,1-2H3,(H,12,14)(H,13,16). The number of nitrogens with two attached hydrogens (primary N) is 1. The molecule has 4 N–H and O–H groups in total. The number of amides is 1. The number of aromatic nitrogens is 2. The Morgan fingerprint density at radius 2 is 2.38 bits per heavy atom. The van der Waals surface area contributed by atoms with Crippen molar-refractivity contribution in [2.75, 3.05) is 11.1 Å². The molecule has 6 nitrogen and oxygen atoms in total. The molecule has 1 aromatic rings. The summed E-state index contributed by atoms with van der Waals surface area (Å²) in [4.78, 5) is 11.7. The number of hydrogen-bond acceptors (Lipinski definition) is 4. The van der Waals surface area contributed by atoms with Crippen molar-refractivity contribution in [1.82, 2.24) is 15.1 Å². The largest absolute Gasteiger partial charge is 0.394 e. The van der Waals surface area contributed by atoms with Gasteiger partial charge in [0.25, 0.3) is 0 Å². The molecular formula is C10H17N5O. The molecule has 1 heterocycles. The number of aryl methyl sites for hydroxylation is 1. The molecule has 1 unspecified atom stereocenters. The van der Waals surface area contributed by atoms with Gasteiger partial charge >= 0.3 is 0 Å². The smallest absolute Gasteiger partial charge is 0.242 e. The Hall–Kier alpha value is -1.72. The van der Waals surface area contributed by atoms with E-state index in [1.165, 1.54) is 0 Å². The van der Waals surface area contributed by atoms with Gasteiger partial charge in [-0.1, -0.05) is 0 Å². The zero-order chi connectivity index (χ0) is 11.7. The Morgan fingerprint density at radius 3 is 2.88 bits per heavy atom. The zero-order valence-corrected chi connectivity index (χ0v) is 9.53. The second-order valence-corrected chi connectivity index (χ2v) is 4.26. The Labute approximate surface area is 94.2 Å². The summed E-state index contributed by atoms with van der Waals surface area (Å²) in [5.74, 6) is 0.550. The molecule has 0 saturated heterocycles. The maximum absolute atomic E-state index is 11.7. The lowest BCUT2D eigenvalue weighted by molar-refractivity contribution is -0.121. The minimum Gasteiger partial charge on any atom is -0.394 e. The number of rotatable bonds is 4. The molecule has 1 fully saturated rings. The predicted octanol–water partition coefficient (Wildman–Crippen LogP) is 0.0813. The van der Waals surface area contributed by atoms with Gasteiger partial charge in [0.2, 0.25) is 5.91 Å². The summed E-state index contributed by atoms with van der Waals surface area (Å²) >= 11 is 0. The first kappa shape index (κ1) is 10.8. The minimum atomic E-state index is -0.321. The van der Waals surface area contributed by atoms with Crippen LogP contribution in [-0.4, -0.2) is 27.8 Å². The summed E-state index contributed by atoms with van der Waals surface area (Å²) in [6.45, 7) is 1.80. The van der Waals surface area contributed by atoms with Crippen LogP contribution in [0.1, 0.15) is 19.8 Å². The van der Waals surface area contributed by atoms with E-state index < -0.39 is 0 Å². The first-order valence-electron chi connectivity index (χ1n) is 5.42. The Balaban J connectivity index is 1.92. The van der Waals surface area contributed by atoms with Crippen molar-refractivity contribution in [2.24, 2.45) is 7.05 Å². The SMILES string of the molecule is CC(Nc1nn(C)cc1N)C(=O)NC1CC1. The van der Waals surface area contributed by atoms with Crippen LogP contribution in [0, 0.1) is 0 Å². The highest BCUT2D eigenvalue weighted by Crippen LogP contribution is 2.19. The van der Waals surface area contributed by atoms with Gasteiger partial charge in [-0.15, -0.1) is 0 Å². The minimum absolute atomic E-state index is 0.00690. The van der Waals surface area contributed by atoms with E-state index in [2.05, 4.69) is 15.7 Å². The van der Waals surface area contributed by atoms with E-state index in [0.717, 1.165) is 12.8 Å². The van der Waals surface area contributed by atoms with E-state index in [1.54, 1.807) is 24.9 Å². The van der Waals surface area contributed by atoms with Gasteiger partial charge in [0.15, 0.2) is 5.82 Å². The number of nitrogen functional groups attached to an aromatic ring is 1. The van der Waals surface area contributed by atoms with E-state index in [-0.39, 0.29) is 11.9 Å².